The molecule has 0 aliphatic heterocycles. The fraction of sp³-hybridized carbons (Fsp3) is 0.200. The van der Waals surface area contributed by atoms with Gasteiger partial charge in [-0.05, 0) is 105 Å². The number of halogens is 2. The number of rotatable bonds is 7. The summed E-state index contributed by atoms with van der Waals surface area (Å²) in [6.07, 6.45) is 0. The van der Waals surface area contributed by atoms with Crippen molar-refractivity contribution >= 4 is 43.6 Å². The van der Waals surface area contributed by atoms with E-state index in [1.54, 1.807) is 30.3 Å². The summed E-state index contributed by atoms with van der Waals surface area (Å²) in [5.41, 5.74) is 5.08. The number of esters is 1. The summed E-state index contributed by atoms with van der Waals surface area (Å²) in [6.45, 7) is 5.99. The monoisotopic (exact) mass is 544 g/mol. The van der Waals surface area contributed by atoms with Crippen molar-refractivity contribution < 1.29 is 19.1 Å². The van der Waals surface area contributed by atoms with Crippen LogP contribution in [-0.4, -0.2) is 18.4 Å². The summed E-state index contributed by atoms with van der Waals surface area (Å²) < 4.78 is 12.8. The van der Waals surface area contributed by atoms with E-state index in [0.29, 0.717) is 17.7 Å². The zero-order valence-corrected chi connectivity index (χ0v) is 20.7. The van der Waals surface area contributed by atoms with E-state index < -0.39 is 5.97 Å². The lowest BCUT2D eigenvalue weighted by Gasteiger charge is -2.11. The van der Waals surface area contributed by atoms with Crippen molar-refractivity contribution in [3.63, 3.8) is 0 Å². The number of carbonyl (C=O) groups is 2. The molecule has 0 unspecified atom stereocenters. The lowest BCUT2D eigenvalue weighted by atomic mass is 10.0. The molecule has 0 aliphatic rings. The Morgan fingerprint density at radius 3 is 2.03 bits per heavy atom. The minimum absolute atomic E-state index is 0.226. The third-order valence-corrected chi connectivity index (χ3v) is 6.06. The normalized spacial score (nSPS) is 10.6. The van der Waals surface area contributed by atoms with Gasteiger partial charge in [-0.1, -0.05) is 24.3 Å². The quantitative estimate of drug-likeness (QED) is 0.243. The average Bonchev–Trinajstić information content (AvgIpc) is 2.73. The van der Waals surface area contributed by atoms with Crippen LogP contribution < -0.4 is 4.74 Å². The second-order valence-electron chi connectivity index (χ2n) is 7.34. The second kappa shape index (κ2) is 10.2. The number of Topliss-reactive ketones (excluding diaryl/α,β-unsaturated/α-hetero) is 1. The molecule has 160 valence electrons. The standard InChI is InChI=1S/C25H22Br2O4/c1-15-10-21(26)24(22(27)11-15)30-13-18-5-8-19(9-6-18)25(29)31-14-23(28)20-7-4-16(2)17(3)12-20/h4-12H,13-14H2,1-3H3. The van der Waals surface area contributed by atoms with Crippen molar-refractivity contribution in [2.75, 3.05) is 6.61 Å². The Hall–Kier alpha value is -2.44. The molecule has 0 aliphatic carbocycles. The molecule has 0 spiro atoms. The van der Waals surface area contributed by atoms with Gasteiger partial charge in [0.05, 0.1) is 14.5 Å². The molecule has 3 aromatic carbocycles. The zero-order valence-electron chi connectivity index (χ0n) is 17.5. The summed E-state index contributed by atoms with van der Waals surface area (Å²) in [5.74, 6) is -0.0386. The molecule has 0 N–H and O–H groups in total. The van der Waals surface area contributed by atoms with Crippen LogP contribution in [0.3, 0.4) is 0 Å². The Bertz CT molecular complexity index is 1100. The van der Waals surface area contributed by atoms with Crippen LogP contribution in [0.5, 0.6) is 5.75 Å². The van der Waals surface area contributed by atoms with Crippen LogP contribution in [0.2, 0.25) is 0 Å². The summed E-state index contributed by atoms with van der Waals surface area (Å²) in [5, 5.41) is 0. The minimum atomic E-state index is -0.534. The summed E-state index contributed by atoms with van der Waals surface area (Å²) >= 11 is 7.02. The van der Waals surface area contributed by atoms with Gasteiger partial charge in [0.1, 0.15) is 12.4 Å². The van der Waals surface area contributed by atoms with E-state index in [1.165, 1.54) is 0 Å². The molecule has 31 heavy (non-hydrogen) atoms. The van der Waals surface area contributed by atoms with Gasteiger partial charge in [-0.15, -0.1) is 0 Å². The molecule has 0 radical (unpaired) electrons. The van der Waals surface area contributed by atoms with E-state index in [0.717, 1.165) is 36.9 Å². The van der Waals surface area contributed by atoms with E-state index in [-0.39, 0.29) is 12.4 Å². The zero-order chi connectivity index (χ0) is 22.5. The molecule has 3 rings (SSSR count). The summed E-state index contributed by atoms with van der Waals surface area (Å²) in [4.78, 5) is 24.6. The third-order valence-electron chi connectivity index (χ3n) is 4.88. The van der Waals surface area contributed by atoms with Crippen molar-refractivity contribution in [2.24, 2.45) is 0 Å². The first-order valence-electron chi connectivity index (χ1n) is 9.69. The molecule has 0 aromatic heterocycles. The Labute approximate surface area is 198 Å². The first-order chi connectivity index (χ1) is 14.7. The van der Waals surface area contributed by atoms with Crippen LogP contribution >= 0.6 is 31.9 Å². The Morgan fingerprint density at radius 2 is 1.42 bits per heavy atom. The average molecular weight is 546 g/mol. The molecule has 3 aromatic rings. The summed E-state index contributed by atoms with van der Waals surface area (Å²) in [6, 6.07) is 16.4. The number of benzene rings is 3. The Morgan fingerprint density at radius 1 is 0.806 bits per heavy atom. The first kappa shape index (κ1) is 23.2. The Kier molecular flexibility index (Phi) is 7.68. The lowest BCUT2D eigenvalue weighted by molar-refractivity contribution is 0.0474. The SMILES string of the molecule is Cc1cc(Br)c(OCc2ccc(C(=O)OCC(=O)c3ccc(C)c(C)c3)cc2)c(Br)c1. The van der Waals surface area contributed by atoms with Crippen LogP contribution in [0.15, 0.2) is 63.5 Å². The molecule has 0 amide bonds. The molecular formula is C25H22Br2O4. The van der Waals surface area contributed by atoms with E-state index in [9.17, 15) is 9.59 Å². The second-order valence-corrected chi connectivity index (χ2v) is 9.05. The predicted molar refractivity (Wildman–Crippen MR) is 128 cm³/mol. The number of carbonyl (C=O) groups excluding carboxylic acids is 2. The largest absolute Gasteiger partial charge is 0.487 e. The molecule has 0 heterocycles. The van der Waals surface area contributed by atoms with Gasteiger partial charge in [0.25, 0.3) is 0 Å². The lowest BCUT2D eigenvalue weighted by Crippen LogP contribution is -2.14. The van der Waals surface area contributed by atoms with Gasteiger partial charge in [-0.2, -0.15) is 0 Å². The third kappa shape index (κ3) is 6.05. The highest BCUT2D eigenvalue weighted by Gasteiger charge is 2.13. The van der Waals surface area contributed by atoms with Gasteiger partial charge in [-0.3, -0.25) is 4.79 Å². The van der Waals surface area contributed by atoms with Crippen LogP contribution in [0.25, 0.3) is 0 Å². The smallest absolute Gasteiger partial charge is 0.338 e. The van der Waals surface area contributed by atoms with E-state index >= 15 is 0 Å². The molecule has 0 fully saturated rings. The van der Waals surface area contributed by atoms with Gasteiger partial charge in [0.15, 0.2) is 12.4 Å². The van der Waals surface area contributed by atoms with Gasteiger partial charge in [0, 0.05) is 5.56 Å². The highest BCUT2D eigenvalue weighted by atomic mass is 79.9. The highest BCUT2D eigenvalue weighted by molar-refractivity contribution is 9.11. The van der Waals surface area contributed by atoms with E-state index in [2.05, 4.69) is 31.9 Å². The maximum atomic E-state index is 12.3. The number of aryl methyl sites for hydroxylation is 3. The number of hydrogen-bond acceptors (Lipinski definition) is 4. The van der Waals surface area contributed by atoms with Crippen molar-refractivity contribution in [3.8, 4) is 5.75 Å². The highest BCUT2D eigenvalue weighted by Crippen LogP contribution is 2.35. The molecule has 0 bridgehead atoms. The predicted octanol–water partition coefficient (Wildman–Crippen LogP) is 6.76. The minimum Gasteiger partial charge on any atom is -0.487 e. The molecule has 0 atom stereocenters. The number of ketones is 1. The fourth-order valence-electron chi connectivity index (χ4n) is 2.93. The first-order valence-corrected chi connectivity index (χ1v) is 11.3. The van der Waals surface area contributed by atoms with E-state index in [1.807, 2.05) is 45.0 Å². The molecular weight excluding hydrogens is 524 g/mol. The topological polar surface area (TPSA) is 52.6 Å². The van der Waals surface area contributed by atoms with Crippen LogP contribution in [0.1, 0.15) is 43.0 Å². The van der Waals surface area contributed by atoms with E-state index in [4.69, 9.17) is 9.47 Å². The van der Waals surface area contributed by atoms with Crippen molar-refractivity contribution in [3.05, 3.63) is 96.9 Å². The van der Waals surface area contributed by atoms with Gasteiger partial charge in [-0.25, -0.2) is 4.79 Å². The van der Waals surface area contributed by atoms with Crippen molar-refractivity contribution in [2.45, 2.75) is 27.4 Å². The van der Waals surface area contributed by atoms with Gasteiger partial charge < -0.3 is 9.47 Å². The van der Waals surface area contributed by atoms with Gasteiger partial charge in [0.2, 0.25) is 0 Å². The number of hydrogen-bond donors (Lipinski definition) is 0. The van der Waals surface area contributed by atoms with Crippen molar-refractivity contribution in [1.29, 1.82) is 0 Å². The van der Waals surface area contributed by atoms with Crippen LogP contribution in [0, 0.1) is 20.8 Å². The summed E-state index contributed by atoms with van der Waals surface area (Å²) in [7, 11) is 0. The molecule has 4 nitrogen and oxygen atoms in total. The molecule has 0 saturated carbocycles. The van der Waals surface area contributed by atoms with Crippen LogP contribution in [-0.2, 0) is 11.3 Å². The van der Waals surface area contributed by atoms with Crippen LogP contribution in [0.4, 0.5) is 0 Å². The fourth-order valence-corrected chi connectivity index (χ4v) is 4.57. The van der Waals surface area contributed by atoms with Crippen molar-refractivity contribution in [1.82, 2.24) is 0 Å². The molecule has 0 saturated heterocycles. The van der Waals surface area contributed by atoms with Gasteiger partial charge >= 0.3 is 5.97 Å². The number of ether oxygens (including phenoxy) is 2. The maximum absolute atomic E-state index is 12.3. The maximum Gasteiger partial charge on any atom is 0.338 e. The Balaban J connectivity index is 1.56. The molecule has 6 heteroatoms.